The number of thiazole rings is 1. The molecule has 0 radical (unpaired) electrons. The molecule has 2 aromatic heterocycles. The molecule has 1 amide bonds. The first-order chi connectivity index (χ1) is 13.0. The molecule has 27 heavy (non-hydrogen) atoms. The van der Waals surface area contributed by atoms with Crippen LogP contribution in [0.5, 0.6) is 11.5 Å². The Labute approximate surface area is 162 Å². The predicted octanol–water partition coefficient (Wildman–Crippen LogP) is 4.02. The van der Waals surface area contributed by atoms with Gasteiger partial charge in [-0.1, -0.05) is 0 Å². The van der Waals surface area contributed by atoms with Crippen LogP contribution in [-0.2, 0) is 0 Å². The van der Waals surface area contributed by atoms with Crippen molar-refractivity contribution in [3.05, 3.63) is 58.9 Å². The van der Waals surface area contributed by atoms with Crippen molar-refractivity contribution in [2.75, 3.05) is 14.2 Å². The lowest BCUT2D eigenvalue weighted by Crippen LogP contribution is -2.26. The van der Waals surface area contributed by atoms with Crippen LogP contribution in [-0.4, -0.2) is 30.1 Å². The number of nitrogens with one attached hydrogen (secondary N) is 1. The van der Waals surface area contributed by atoms with E-state index in [1.165, 1.54) is 11.3 Å². The molecule has 0 bridgehead atoms. The fourth-order valence-corrected chi connectivity index (χ4v) is 3.66. The molecule has 1 atom stereocenters. The van der Waals surface area contributed by atoms with Crippen molar-refractivity contribution in [2.24, 2.45) is 0 Å². The molecule has 3 rings (SSSR count). The number of amides is 1. The van der Waals surface area contributed by atoms with Crippen molar-refractivity contribution in [3.8, 4) is 22.1 Å². The molecule has 1 N–H and O–H groups in total. The molecule has 3 aromatic rings. The summed E-state index contributed by atoms with van der Waals surface area (Å²) in [5.41, 5.74) is 2.58. The third-order valence-electron chi connectivity index (χ3n) is 4.19. The van der Waals surface area contributed by atoms with E-state index in [1.54, 1.807) is 26.6 Å². The van der Waals surface area contributed by atoms with Gasteiger partial charge in [0.15, 0.2) is 11.5 Å². The second kappa shape index (κ2) is 8.18. The summed E-state index contributed by atoms with van der Waals surface area (Å²) in [7, 11) is 3.19. The highest BCUT2D eigenvalue weighted by Crippen LogP contribution is 2.35. The Morgan fingerprint density at radius 1 is 1.11 bits per heavy atom. The lowest BCUT2D eigenvalue weighted by atomic mass is 10.1. The highest BCUT2D eigenvalue weighted by atomic mass is 32.1. The van der Waals surface area contributed by atoms with E-state index in [4.69, 9.17) is 9.47 Å². The molecule has 0 aliphatic carbocycles. The maximum atomic E-state index is 12.7. The lowest BCUT2D eigenvalue weighted by Gasteiger charge is -2.13. The van der Waals surface area contributed by atoms with E-state index in [0.29, 0.717) is 22.1 Å². The van der Waals surface area contributed by atoms with Crippen molar-refractivity contribution >= 4 is 17.2 Å². The highest BCUT2D eigenvalue weighted by molar-refractivity contribution is 7.17. The van der Waals surface area contributed by atoms with Crippen LogP contribution in [0.4, 0.5) is 0 Å². The normalized spacial score (nSPS) is 11.7. The van der Waals surface area contributed by atoms with Gasteiger partial charge in [-0.15, -0.1) is 11.3 Å². The fraction of sp³-hybridized carbons (Fsp3) is 0.250. The van der Waals surface area contributed by atoms with Crippen LogP contribution in [0.15, 0.2) is 42.7 Å². The Balaban J connectivity index is 1.83. The molecule has 0 aliphatic rings. The largest absolute Gasteiger partial charge is 0.493 e. The van der Waals surface area contributed by atoms with Crippen molar-refractivity contribution < 1.29 is 14.3 Å². The molecule has 7 heteroatoms. The average Bonchev–Trinajstić information content (AvgIpc) is 3.09. The van der Waals surface area contributed by atoms with E-state index in [2.05, 4.69) is 15.3 Å². The maximum Gasteiger partial charge on any atom is 0.263 e. The van der Waals surface area contributed by atoms with Crippen LogP contribution in [0.1, 0.15) is 33.9 Å². The summed E-state index contributed by atoms with van der Waals surface area (Å²) < 4.78 is 10.6. The molecule has 6 nitrogen and oxygen atoms in total. The minimum atomic E-state index is -0.138. The number of pyridine rings is 1. The first-order valence-electron chi connectivity index (χ1n) is 8.44. The Hall–Kier alpha value is -2.93. The van der Waals surface area contributed by atoms with Gasteiger partial charge in [0.25, 0.3) is 5.91 Å². The number of carbonyl (C=O) groups is 1. The minimum Gasteiger partial charge on any atom is -0.493 e. The van der Waals surface area contributed by atoms with Crippen LogP contribution in [0, 0.1) is 6.92 Å². The van der Waals surface area contributed by atoms with E-state index in [-0.39, 0.29) is 11.9 Å². The average molecular weight is 383 g/mol. The molecule has 0 aliphatic heterocycles. The molecule has 1 aromatic carbocycles. The van der Waals surface area contributed by atoms with Gasteiger partial charge in [-0.25, -0.2) is 4.98 Å². The second-order valence-corrected chi connectivity index (χ2v) is 6.98. The van der Waals surface area contributed by atoms with E-state index in [0.717, 1.165) is 16.1 Å². The van der Waals surface area contributed by atoms with Gasteiger partial charge in [0.1, 0.15) is 9.88 Å². The van der Waals surface area contributed by atoms with Gasteiger partial charge in [-0.3, -0.25) is 9.78 Å². The molecular weight excluding hydrogens is 362 g/mol. The Morgan fingerprint density at radius 3 is 2.48 bits per heavy atom. The molecule has 0 spiro atoms. The van der Waals surface area contributed by atoms with Gasteiger partial charge in [0.2, 0.25) is 0 Å². The van der Waals surface area contributed by atoms with Gasteiger partial charge in [-0.2, -0.15) is 0 Å². The molecular formula is C20H21N3O3S. The van der Waals surface area contributed by atoms with Gasteiger partial charge in [0, 0.05) is 18.0 Å². The van der Waals surface area contributed by atoms with Crippen LogP contribution in [0.2, 0.25) is 0 Å². The monoisotopic (exact) mass is 383 g/mol. The number of hydrogen-bond acceptors (Lipinski definition) is 6. The van der Waals surface area contributed by atoms with E-state index >= 15 is 0 Å². The Bertz CT molecular complexity index is 941. The van der Waals surface area contributed by atoms with Gasteiger partial charge >= 0.3 is 0 Å². The van der Waals surface area contributed by atoms with Crippen LogP contribution < -0.4 is 14.8 Å². The summed E-state index contributed by atoms with van der Waals surface area (Å²) in [6.45, 7) is 3.78. The topological polar surface area (TPSA) is 73.3 Å². The first kappa shape index (κ1) is 18.8. The highest BCUT2D eigenvalue weighted by Gasteiger charge is 2.19. The van der Waals surface area contributed by atoms with Crippen LogP contribution in [0.25, 0.3) is 10.6 Å². The number of aromatic nitrogens is 2. The van der Waals surface area contributed by atoms with E-state index in [1.807, 2.05) is 44.2 Å². The minimum absolute atomic E-state index is 0.119. The molecule has 140 valence electrons. The van der Waals surface area contributed by atoms with Gasteiger partial charge in [0.05, 0.1) is 26.0 Å². The molecule has 2 heterocycles. The summed E-state index contributed by atoms with van der Waals surface area (Å²) in [5.74, 6) is 1.14. The number of rotatable bonds is 6. The number of hydrogen-bond donors (Lipinski definition) is 1. The second-order valence-electron chi connectivity index (χ2n) is 5.98. The fourth-order valence-electron chi connectivity index (χ4n) is 2.70. The number of benzene rings is 1. The van der Waals surface area contributed by atoms with E-state index < -0.39 is 0 Å². The zero-order valence-electron chi connectivity index (χ0n) is 15.6. The number of carbonyl (C=O) groups excluding carboxylic acids is 1. The summed E-state index contributed by atoms with van der Waals surface area (Å²) in [6, 6.07) is 9.25. The smallest absolute Gasteiger partial charge is 0.263 e. The summed E-state index contributed by atoms with van der Waals surface area (Å²) in [5, 5.41) is 3.78. The number of aryl methyl sites for hydroxylation is 1. The first-order valence-corrected chi connectivity index (χ1v) is 9.25. The zero-order chi connectivity index (χ0) is 19.4. The van der Waals surface area contributed by atoms with Crippen LogP contribution in [0.3, 0.4) is 0 Å². The van der Waals surface area contributed by atoms with E-state index in [9.17, 15) is 4.79 Å². The van der Waals surface area contributed by atoms with Crippen molar-refractivity contribution in [3.63, 3.8) is 0 Å². The number of ether oxygens (including phenoxy) is 2. The quantitative estimate of drug-likeness (QED) is 0.696. The maximum absolute atomic E-state index is 12.7. The van der Waals surface area contributed by atoms with Crippen LogP contribution >= 0.6 is 11.3 Å². The van der Waals surface area contributed by atoms with Gasteiger partial charge < -0.3 is 14.8 Å². The summed E-state index contributed by atoms with van der Waals surface area (Å²) in [4.78, 5) is 21.9. The zero-order valence-corrected chi connectivity index (χ0v) is 16.5. The van der Waals surface area contributed by atoms with Gasteiger partial charge in [-0.05, 0) is 49.7 Å². The summed E-state index contributed by atoms with van der Waals surface area (Å²) >= 11 is 1.36. The number of nitrogens with zero attached hydrogens (tertiary/aromatic N) is 2. The Morgan fingerprint density at radius 2 is 1.81 bits per heavy atom. The van der Waals surface area contributed by atoms with Crippen molar-refractivity contribution in [1.82, 2.24) is 15.3 Å². The lowest BCUT2D eigenvalue weighted by molar-refractivity contribution is 0.0943. The molecule has 1 unspecified atom stereocenters. The third-order valence-corrected chi connectivity index (χ3v) is 5.39. The molecule has 0 saturated heterocycles. The standard InChI is InChI=1S/C20H21N3O3S/c1-12(14-7-9-21-10-8-14)22-19(24)18-13(2)23-20(27-18)15-5-6-16(25-3)17(11-15)26-4/h5-12H,1-4H3,(H,22,24). The molecule has 0 fully saturated rings. The number of methoxy groups -OCH3 is 2. The van der Waals surface area contributed by atoms with Crippen molar-refractivity contribution in [1.29, 1.82) is 0 Å². The molecule has 0 saturated carbocycles. The Kier molecular flexibility index (Phi) is 5.71. The predicted molar refractivity (Wildman–Crippen MR) is 106 cm³/mol. The third kappa shape index (κ3) is 4.09. The SMILES string of the molecule is COc1ccc(-c2nc(C)c(C(=O)NC(C)c3ccncc3)s2)cc1OC. The summed E-state index contributed by atoms with van der Waals surface area (Å²) in [6.07, 6.45) is 3.43. The van der Waals surface area contributed by atoms with Crippen molar-refractivity contribution in [2.45, 2.75) is 19.9 Å².